The summed E-state index contributed by atoms with van der Waals surface area (Å²) in [6.07, 6.45) is 0. The fraction of sp³-hybridized carbons (Fsp3) is 0. The van der Waals surface area contributed by atoms with Gasteiger partial charge in [0.2, 0.25) is 11.9 Å². The Balaban J connectivity index is 1.40. The second kappa shape index (κ2) is 10.3. The van der Waals surface area contributed by atoms with Gasteiger partial charge in [-0.2, -0.15) is 15.0 Å². The monoisotopic (exact) mass is 588 g/mol. The zero-order chi connectivity index (χ0) is 30.6. The van der Waals surface area contributed by atoms with Crippen LogP contribution in [0.5, 0.6) is 0 Å². The average molecular weight is 589 g/mol. The highest BCUT2D eigenvalue weighted by molar-refractivity contribution is 6.10. The third-order valence-electron chi connectivity index (χ3n) is 8.64. The lowest BCUT2D eigenvalue weighted by molar-refractivity contribution is 0.893. The van der Waals surface area contributed by atoms with Crippen molar-refractivity contribution in [2.75, 3.05) is 0 Å². The van der Waals surface area contributed by atoms with E-state index in [1.807, 2.05) is 60.7 Å². The van der Waals surface area contributed by atoms with Crippen molar-refractivity contribution in [2.45, 2.75) is 0 Å². The summed E-state index contributed by atoms with van der Waals surface area (Å²) in [6.45, 7) is 8.07. The summed E-state index contributed by atoms with van der Waals surface area (Å²) in [5.41, 5.74) is 7.17. The Morgan fingerprint density at radius 3 is 1.33 bits per heavy atom. The predicted octanol–water partition coefficient (Wildman–Crippen LogP) is 9.95. The standard InChI is InChI=1S/C40H24N6/c1-41-33-24-23-27(26-13-3-2-4-14-26)25-32(33)38-42-39(45-34-19-9-5-15-28(34)29-16-6-10-20-35(29)45)44-40(43-38)46-36-21-11-7-17-30(36)31-18-8-12-22-37(31)46/h2-25H. The first kappa shape index (κ1) is 25.9. The van der Waals surface area contributed by atoms with E-state index in [2.05, 4.69) is 98.9 Å². The third kappa shape index (κ3) is 3.93. The number of para-hydroxylation sites is 4. The topological polar surface area (TPSA) is 52.9 Å². The predicted molar refractivity (Wildman–Crippen MR) is 186 cm³/mol. The van der Waals surface area contributed by atoms with E-state index in [9.17, 15) is 0 Å². The molecule has 0 atom stereocenters. The molecule has 0 amide bonds. The van der Waals surface area contributed by atoms with Gasteiger partial charge in [0, 0.05) is 27.1 Å². The van der Waals surface area contributed by atoms with E-state index in [1.54, 1.807) is 0 Å². The van der Waals surface area contributed by atoms with Crippen molar-refractivity contribution >= 4 is 49.3 Å². The van der Waals surface area contributed by atoms with Gasteiger partial charge in [0.25, 0.3) is 0 Å². The smallest absolute Gasteiger partial charge is 0.240 e. The van der Waals surface area contributed by atoms with Crippen LogP contribution in [0.15, 0.2) is 146 Å². The number of aromatic nitrogens is 5. The van der Waals surface area contributed by atoms with Crippen LogP contribution in [0.1, 0.15) is 0 Å². The molecular formula is C40H24N6. The molecule has 9 aromatic rings. The zero-order valence-corrected chi connectivity index (χ0v) is 24.5. The highest BCUT2D eigenvalue weighted by Gasteiger charge is 2.21. The van der Waals surface area contributed by atoms with Crippen molar-refractivity contribution in [3.05, 3.63) is 157 Å². The molecule has 46 heavy (non-hydrogen) atoms. The molecule has 6 nitrogen and oxygen atoms in total. The fourth-order valence-electron chi connectivity index (χ4n) is 6.57. The van der Waals surface area contributed by atoms with Crippen molar-refractivity contribution in [2.24, 2.45) is 0 Å². The largest absolute Gasteiger partial charge is 0.278 e. The van der Waals surface area contributed by atoms with Gasteiger partial charge in [0.05, 0.1) is 28.6 Å². The molecule has 0 radical (unpaired) electrons. The van der Waals surface area contributed by atoms with Gasteiger partial charge in [-0.05, 0) is 35.4 Å². The Morgan fingerprint density at radius 1 is 0.435 bits per heavy atom. The van der Waals surface area contributed by atoms with E-state index < -0.39 is 0 Å². The number of benzene rings is 6. The van der Waals surface area contributed by atoms with Crippen molar-refractivity contribution in [3.63, 3.8) is 0 Å². The zero-order valence-electron chi connectivity index (χ0n) is 24.5. The summed E-state index contributed by atoms with van der Waals surface area (Å²) in [7, 11) is 0. The summed E-state index contributed by atoms with van der Waals surface area (Å²) in [5.74, 6) is 1.41. The first-order valence-electron chi connectivity index (χ1n) is 15.1. The average Bonchev–Trinajstić information content (AvgIpc) is 3.65. The molecule has 0 spiro atoms. The summed E-state index contributed by atoms with van der Waals surface area (Å²) in [5, 5.41) is 4.47. The Morgan fingerprint density at radius 2 is 0.870 bits per heavy atom. The molecule has 0 fully saturated rings. The molecule has 6 aromatic carbocycles. The molecule has 0 aliphatic rings. The molecule has 0 aliphatic heterocycles. The summed E-state index contributed by atoms with van der Waals surface area (Å²) < 4.78 is 4.21. The first-order valence-corrected chi connectivity index (χ1v) is 15.1. The Hall–Kier alpha value is -6.58. The minimum atomic E-state index is 0.438. The second-order valence-electron chi connectivity index (χ2n) is 11.2. The lowest BCUT2D eigenvalue weighted by Gasteiger charge is -2.14. The van der Waals surface area contributed by atoms with E-state index in [0.717, 1.165) is 54.7 Å². The molecule has 3 heterocycles. The number of fused-ring (bicyclic) bond motifs is 6. The molecule has 9 rings (SSSR count). The molecule has 0 N–H and O–H groups in total. The maximum atomic E-state index is 8.07. The van der Waals surface area contributed by atoms with Gasteiger partial charge in [0.1, 0.15) is 0 Å². The van der Waals surface area contributed by atoms with E-state index in [1.165, 1.54) is 0 Å². The van der Waals surface area contributed by atoms with Gasteiger partial charge >= 0.3 is 0 Å². The molecule has 6 heteroatoms. The fourth-order valence-corrected chi connectivity index (χ4v) is 6.57. The minimum Gasteiger partial charge on any atom is -0.278 e. The maximum absolute atomic E-state index is 8.07. The van der Waals surface area contributed by atoms with Gasteiger partial charge < -0.3 is 0 Å². The number of hydrogen-bond acceptors (Lipinski definition) is 3. The number of hydrogen-bond donors (Lipinski definition) is 0. The molecular weight excluding hydrogens is 564 g/mol. The Bertz CT molecular complexity index is 2420. The molecule has 0 unspecified atom stereocenters. The van der Waals surface area contributed by atoms with Crippen LogP contribution in [-0.4, -0.2) is 24.1 Å². The lowest BCUT2D eigenvalue weighted by Crippen LogP contribution is -2.10. The van der Waals surface area contributed by atoms with Crippen LogP contribution >= 0.6 is 0 Å². The van der Waals surface area contributed by atoms with Crippen molar-refractivity contribution in [1.82, 2.24) is 24.1 Å². The molecule has 0 aliphatic carbocycles. The Labute approximate surface area is 264 Å². The molecule has 0 saturated heterocycles. The van der Waals surface area contributed by atoms with E-state index >= 15 is 0 Å². The van der Waals surface area contributed by atoms with Gasteiger partial charge in [-0.3, -0.25) is 9.13 Å². The summed E-state index contributed by atoms with van der Waals surface area (Å²) in [6, 6.07) is 49.3. The summed E-state index contributed by atoms with van der Waals surface area (Å²) in [4.78, 5) is 19.4. The maximum Gasteiger partial charge on any atom is 0.240 e. The van der Waals surface area contributed by atoms with Crippen LogP contribution in [0.4, 0.5) is 5.69 Å². The van der Waals surface area contributed by atoms with Crippen LogP contribution in [0, 0.1) is 6.57 Å². The number of rotatable bonds is 4. The van der Waals surface area contributed by atoms with Gasteiger partial charge in [-0.1, -0.05) is 121 Å². The van der Waals surface area contributed by atoms with Crippen molar-refractivity contribution in [1.29, 1.82) is 0 Å². The van der Waals surface area contributed by atoms with Crippen molar-refractivity contribution in [3.8, 4) is 34.4 Å². The summed E-state index contributed by atoms with van der Waals surface area (Å²) >= 11 is 0. The normalized spacial score (nSPS) is 11.5. The van der Waals surface area contributed by atoms with E-state index in [4.69, 9.17) is 21.5 Å². The molecule has 0 bridgehead atoms. The van der Waals surface area contributed by atoms with E-state index in [0.29, 0.717) is 29.0 Å². The van der Waals surface area contributed by atoms with Gasteiger partial charge in [0.15, 0.2) is 11.5 Å². The second-order valence-corrected chi connectivity index (χ2v) is 11.2. The first-order chi connectivity index (χ1) is 22.8. The van der Waals surface area contributed by atoms with Crippen LogP contribution in [0.2, 0.25) is 0 Å². The Kier molecular flexibility index (Phi) is 5.77. The molecule has 214 valence electrons. The van der Waals surface area contributed by atoms with Crippen LogP contribution in [-0.2, 0) is 0 Å². The molecule has 3 aromatic heterocycles. The van der Waals surface area contributed by atoms with E-state index in [-0.39, 0.29) is 0 Å². The number of nitrogens with zero attached hydrogens (tertiary/aromatic N) is 6. The van der Waals surface area contributed by atoms with Crippen LogP contribution < -0.4 is 0 Å². The van der Waals surface area contributed by atoms with Crippen LogP contribution in [0.3, 0.4) is 0 Å². The third-order valence-corrected chi connectivity index (χ3v) is 8.64. The lowest BCUT2D eigenvalue weighted by atomic mass is 10.0. The van der Waals surface area contributed by atoms with Gasteiger partial charge in [-0.25, -0.2) is 4.85 Å². The van der Waals surface area contributed by atoms with Crippen molar-refractivity contribution < 1.29 is 0 Å². The van der Waals surface area contributed by atoms with Crippen LogP contribution in [0.25, 0.3) is 82.9 Å². The SMILES string of the molecule is [C-]#[N+]c1ccc(-c2ccccc2)cc1-c1nc(-n2c3ccccc3c3ccccc32)nc(-n2c3ccccc3c3ccccc32)n1. The minimum absolute atomic E-state index is 0.438. The molecule has 0 saturated carbocycles. The quantitative estimate of drug-likeness (QED) is 0.192. The highest BCUT2D eigenvalue weighted by Crippen LogP contribution is 2.37. The highest BCUT2D eigenvalue weighted by atomic mass is 15.3. The van der Waals surface area contributed by atoms with Gasteiger partial charge in [-0.15, -0.1) is 0 Å².